The Hall–Kier alpha value is 0.184. The first-order valence-electron chi connectivity index (χ1n) is 2.04. The second kappa shape index (κ2) is 3.26. The molecule has 41 valence electrons. The van der Waals surface area contributed by atoms with Crippen LogP contribution < -0.4 is 0 Å². The van der Waals surface area contributed by atoms with E-state index in [1.165, 1.54) is 0 Å². The van der Waals surface area contributed by atoms with Gasteiger partial charge in [-0.15, -0.1) is 11.2 Å². The van der Waals surface area contributed by atoms with Crippen LogP contribution in [0.25, 0.3) is 0 Å². The summed E-state index contributed by atoms with van der Waals surface area (Å²) < 4.78 is 4.60. The Morgan fingerprint density at radius 3 is 2.50 bits per heavy atom. The third-order valence-electron chi connectivity index (χ3n) is 0.677. The maximum absolute atomic E-state index is 4.60. The molecule has 1 rings (SSSR count). The molecule has 0 aliphatic heterocycles. The van der Waals surface area contributed by atoms with E-state index in [4.69, 9.17) is 0 Å². The van der Waals surface area contributed by atoms with Crippen molar-refractivity contribution in [1.82, 2.24) is 5.16 Å². The van der Waals surface area contributed by atoms with E-state index in [1.54, 1.807) is 6.07 Å². The van der Waals surface area contributed by atoms with Gasteiger partial charge in [-0.25, -0.2) is 6.92 Å². The standard InChI is InChI=1S/C5H6NO.Y/c1-4-3-5(2)7-6-4;/h3H,2H2,1H3;/q-1;. The smallest absolute Gasteiger partial charge is 0.000703 e. The van der Waals surface area contributed by atoms with E-state index in [-0.39, 0.29) is 32.7 Å². The largest absolute Gasteiger partial charge is 0.397 e. The van der Waals surface area contributed by atoms with Crippen molar-refractivity contribution in [3.8, 4) is 0 Å². The van der Waals surface area contributed by atoms with Gasteiger partial charge in [-0.3, -0.25) is 0 Å². The number of aromatic nitrogens is 1. The molecular formula is C5H6NOY-. The van der Waals surface area contributed by atoms with E-state index >= 15 is 0 Å². The molecule has 3 heteroatoms. The zero-order valence-corrected chi connectivity index (χ0v) is 7.56. The molecule has 0 atom stereocenters. The minimum absolute atomic E-state index is 0. The summed E-state index contributed by atoms with van der Waals surface area (Å²) >= 11 is 0. The molecule has 0 amide bonds. The minimum atomic E-state index is 0. The third-order valence-corrected chi connectivity index (χ3v) is 0.677. The molecule has 0 aliphatic carbocycles. The monoisotopic (exact) mass is 185 g/mol. The molecular weight excluding hydrogens is 179 g/mol. The van der Waals surface area contributed by atoms with Crippen molar-refractivity contribution in [2.45, 2.75) is 6.92 Å². The van der Waals surface area contributed by atoms with Crippen LogP contribution in [0.15, 0.2) is 10.6 Å². The van der Waals surface area contributed by atoms with Gasteiger partial charge in [-0.1, -0.05) is 0 Å². The van der Waals surface area contributed by atoms with Gasteiger partial charge in [-0.2, -0.15) is 0 Å². The fourth-order valence-corrected chi connectivity index (χ4v) is 0.416. The minimum Gasteiger partial charge on any atom is -0.397 e. The molecule has 1 heterocycles. The van der Waals surface area contributed by atoms with Crippen molar-refractivity contribution >= 4 is 0 Å². The van der Waals surface area contributed by atoms with E-state index in [2.05, 4.69) is 16.6 Å². The maximum atomic E-state index is 4.60. The van der Waals surface area contributed by atoms with Crippen LogP contribution >= 0.6 is 0 Å². The second-order valence-electron chi connectivity index (χ2n) is 1.43. The summed E-state index contributed by atoms with van der Waals surface area (Å²) in [6, 6.07) is 1.78. The van der Waals surface area contributed by atoms with Crippen molar-refractivity contribution in [1.29, 1.82) is 0 Å². The molecule has 0 aliphatic rings. The maximum Gasteiger partial charge on any atom is 0.000703 e. The van der Waals surface area contributed by atoms with Gasteiger partial charge in [0.15, 0.2) is 0 Å². The van der Waals surface area contributed by atoms with E-state index in [9.17, 15) is 0 Å². The molecule has 8 heavy (non-hydrogen) atoms. The first-order valence-corrected chi connectivity index (χ1v) is 2.04. The van der Waals surface area contributed by atoms with Crippen LogP contribution in [-0.2, 0) is 32.7 Å². The number of nitrogens with zero attached hydrogens (tertiary/aromatic N) is 1. The second-order valence-corrected chi connectivity index (χ2v) is 1.43. The predicted octanol–water partition coefficient (Wildman–Crippen LogP) is 1.16. The Bertz CT molecular complexity index is 145. The van der Waals surface area contributed by atoms with Crippen molar-refractivity contribution in [3.63, 3.8) is 0 Å². The van der Waals surface area contributed by atoms with Gasteiger partial charge in [0.2, 0.25) is 0 Å². The topological polar surface area (TPSA) is 26.0 Å². The molecule has 0 spiro atoms. The molecule has 2 nitrogen and oxygen atoms in total. The summed E-state index contributed by atoms with van der Waals surface area (Å²) in [5.41, 5.74) is 0.880. The van der Waals surface area contributed by atoms with Crippen LogP contribution in [0.2, 0.25) is 0 Å². The van der Waals surface area contributed by atoms with Crippen molar-refractivity contribution in [3.05, 3.63) is 24.4 Å². The normalized spacial score (nSPS) is 8.12. The van der Waals surface area contributed by atoms with Crippen molar-refractivity contribution in [2.75, 3.05) is 0 Å². The molecule has 1 radical (unpaired) electrons. The van der Waals surface area contributed by atoms with Gasteiger partial charge in [0.05, 0.1) is 0 Å². The first kappa shape index (κ1) is 8.18. The van der Waals surface area contributed by atoms with Crippen LogP contribution in [0.5, 0.6) is 0 Å². The average Bonchev–Trinajstić information content (AvgIpc) is 1.87. The zero-order valence-electron chi connectivity index (χ0n) is 4.72. The number of rotatable bonds is 0. The van der Waals surface area contributed by atoms with E-state index in [0.29, 0.717) is 5.76 Å². The Balaban J connectivity index is 0.000000490. The number of aryl methyl sites for hydroxylation is 1. The fourth-order valence-electron chi connectivity index (χ4n) is 0.416. The van der Waals surface area contributed by atoms with Gasteiger partial charge < -0.3 is 4.52 Å². The summed E-state index contributed by atoms with van der Waals surface area (Å²) in [5, 5.41) is 3.58. The summed E-state index contributed by atoms with van der Waals surface area (Å²) in [4.78, 5) is 0. The summed E-state index contributed by atoms with van der Waals surface area (Å²) in [7, 11) is 0. The zero-order chi connectivity index (χ0) is 5.28. The van der Waals surface area contributed by atoms with E-state index in [1.807, 2.05) is 6.92 Å². The SMILES string of the molecule is [CH2-]c1cc(C)no1.[Y]. The molecule has 1 aromatic heterocycles. The number of hydrogen-bond acceptors (Lipinski definition) is 2. The summed E-state index contributed by atoms with van der Waals surface area (Å²) in [5.74, 6) is 0.623. The molecule has 0 aromatic carbocycles. The number of hydrogen-bond donors (Lipinski definition) is 0. The van der Waals surface area contributed by atoms with Crippen molar-refractivity contribution in [2.24, 2.45) is 0 Å². The summed E-state index contributed by atoms with van der Waals surface area (Å²) in [6.07, 6.45) is 0. The van der Waals surface area contributed by atoms with Gasteiger partial charge in [0.1, 0.15) is 0 Å². The van der Waals surface area contributed by atoms with Gasteiger partial charge in [-0.05, 0) is 12.7 Å². The molecule has 0 saturated heterocycles. The van der Waals surface area contributed by atoms with Gasteiger partial charge >= 0.3 is 0 Å². The molecule has 1 aromatic rings. The Morgan fingerprint density at radius 1 is 1.75 bits per heavy atom. The predicted molar refractivity (Wildman–Crippen MR) is 25.7 cm³/mol. The van der Waals surface area contributed by atoms with Crippen LogP contribution in [0.4, 0.5) is 0 Å². The van der Waals surface area contributed by atoms with Crippen LogP contribution in [0.1, 0.15) is 11.5 Å². The molecule has 0 saturated carbocycles. The fraction of sp³-hybridized carbons (Fsp3) is 0.200. The van der Waals surface area contributed by atoms with Gasteiger partial charge in [0.25, 0.3) is 0 Å². The van der Waals surface area contributed by atoms with E-state index in [0.717, 1.165) is 5.69 Å². The first-order chi connectivity index (χ1) is 3.29. The molecule has 0 fully saturated rings. The molecule has 0 bridgehead atoms. The molecule has 0 N–H and O–H groups in total. The summed E-state index contributed by atoms with van der Waals surface area (Å²) in [6.45, 7) is 5.37. The van der Waals surface area contributed by atoms with Crippen LogP contribution in [0, 0.1) is 13.8 Å². The van der Waals surface area contributed by atoms with Gasteiger partial charge in [0, 0.05) is 38.4 Å². The van der Waals surface area contributed by atoms with Crippen molar-refractivity contribution < 1.29 is 37.2 Å². The Labute approximate surface area is 73.5 Å². The van der Waals surface area contributed by atoms with Crippen LogP contribution in [-0.4, -0.2) is 5.16 Å². The van der Waals surface area contributed by atoms with E-state index < -0.39 is 0 Å². The Morgan fingerprint density at radius 2 is 2.38 bits per heavy atom. The Kier molecular flexibility index (Phi) is 3.33. The quantitative estimate of drug-likeness (QED) is 0.567. The third kappa shape index (κ3) is 1.97. The van der Waals surface area contributed by atoms with Crippen LogP contribution in [0.3, 0.4) is 0 Å². The molecule has 0 unspecified atom stereocenters. The average molecular weight is 185 g/mol.